The average molecular weight is 386 g/mol. The monoisotopic (exact) mass is 386 g/mol. The van der Waals surface area contributed by atoms with Gasteiger partial charge in [-0.15, -0.1) is 0 Å². The van der Waals surface area contributed by atoms with Crippen LogP contribution in [0.2, 0.25) is 0 Å². The minimum atomic E-state index is -0.343. The van der Waals surface area contributed by atoms with Gasteiger partial charge < -0.3 is 19.7 Å². The molecule has 1 fully saturated rings. The van der Waals surface area contributed by atoms with Gasteiger partial charge in [0.05, 0.1) is 12.7 Å². The summed E-state index contributed by atoms with van der Waals surface area (Å²) in [7, 11) is 1.36. The molecule has 6 nitrogen and oxygen atoms in total. The Morgan fingerprint density at radius 3 is 2.46 bits per heavy atom. The number of carbonyl (C=O) groups is 2. The van der Waals surface area contributed by atoms with Crippen molar-refractivity contribution in [2.24, 2.45) is 0 Å². The van der Waals surface area contributed by atoms with Crippen LogP contribution < -0.4 is 10.1 Å². The van der Waals surface area contributed by atoms with E-state index in [1.54, 1.807) is 41.3 Å². The predicted molar refractivity (Wildman–Crippen MR) is 102 cm³/mol. The number of hydrogen-bond acceptors (Lipinski definition) is 4. The summed E-state index contributed by atoms with van der Waals surface area (Å²) in [6.07, 6.45) is 0.989. The molecule has 2 aromatic rings. The number of nitrogens with zero attached hydrogens (tertiary/aromatic N) is 1. The van der Waals surface area contributed by atoms with Crippen molar-refractivity contribution in [1.82, 2.24) is 10.2 Å². The zero-order valence-corrected chi connectivity index (χ0v) is 15.7. The number of halogens is 1. The number of benzene rings is 2. The largest absolute Gasteiger partial charge is 0.488 e. The van der Waals surface area contributed by atoms with E-state index in [2.05, 4.69) is 5.32 Å². The Bertz CT molecular complexity index is 817. The smallest absolute Gasteiger partial charge is 0.409 e. The lowest BCUT2D eigenvalue weighted by Crippen LogP contribution is -2.46. The van der Waals surface area contributed by atoms with Crippen molar-refractivity contribution in [2.45, 2.75) is 25.5 Å². The standard InChI is InChI=1S/C21H23FN2O4/c1-27-21(26)24-12-10-17(11-13-24)23-20(25)18-4-2-3-5-19(18)28-14-15-6-8-16(22)9-7-15/h2-9,17H,10-14H2,1H3,(H,23,25). The third-order valence-corrected chi connectivity index (χ3v) is 4.70. The predicted octanol–water partition coefficient (Wildman–Crippen LogP) is 3.37. The van der Waals surface area contributed by atoms with Gasteiger partial charge in [0.2, 0.25) is 0 Å². The molecule has 7 heteroatoms. The van der Waals surface area contributed by atoms with Crippen LogP contribution in [-0.4, -0.2) is 43.1 Å². The van der Waals surface area contributed by atoms with E-state index in [1.165, 1.54) is 19.2 Å². The Morgan fingerprint density at radius 2 is 1.79 bits per heavy atom. The van der Waals surface area contributed by atoms with Crippen LogP contribution in [0.15, 0.2) is 48.5 Å². The maximum Gasteiger partial charge on any atom is 0.409 e. The van der Waals surface area contributed by atoms with Crippen molar-refractivity contribution in [3.05, 3.63) is 65.5 Å². The van der Waals surface area contributed by atoms with E-state index in [0.29, 0.717) is 37.2 Å². The molecule has 1 aliphatic rings. The molecule has 28 heavy (non-hydrogen) atoms. The Kier molecular flexibility index (Phi) is 6.47. The van der Waals surface area contributed by atoms with Gasteiger partial charge in [0.15, 0.2) is 0 Å². The van der Waals surface area contributed by atoms with Crippen molar-refractivity contribution >= 4 is 12.0 Å². The summed E-state index contributed by atoms with van der Waals surface area (Å²) in [5.41, 5.74) is 1.26. The van der Waals surface area contributed by atoms with Gasteiger partial charge in [0, 0.05) is 19.1 Å². The lowest BCUT2D eigenvalue weighted by atomic mass is 10.0. The molecular weight excluding hydrogens is 363 g/mol. The second kappa shape index (κ2) is 9.21. The molecule has 0 unspecified atom stereocenters. The maximum absolute atomic E-state index is 13.0. The molecule has 1 heterocycles. The van der Waals surface area contributed by atoms with Crippen molar-refractivity contribution in [3.63, 3.8) is 0 Å². The lowest BCUT2D eigenvalue weighted by molar-refractivity contribution is 0.0888. The van der Waals surface area contributed by atoms with Crippen molar-refractivity contribution in [2.75, 3.05) is 20.2 Å². The zero-order chi connectivity index (χ0) is 19.9. The number of methoxy groups -OCH3 is 1. The third-order valence-electron chi connectivity index (χ3n) is 4.70. The summed E-state index contributed by atoms with van der Waals surface area (Å²) >= 11 is 0. The van der Waals surface area contributed by atoms with Crippen LogP contribution >= 0.6 is 0 Å². The van der Waals surface area contributed by atoms with Gasteiger partial charge >= 0.3 is 6.09 Å². The molecule has 0 spiro atoms. The first-order valence-electron chi connectivity index (χ1n) is 9.17. The van der Waals surface area contributed by atoms with Crippen molar-refractivity contribution in [3.8, 4) is 5.75 Å². The highest BCUT2D eigenvalue weighted by atomic mass is 19.1. The fourth-order valence-corrected chi connectivity index (χ4v) is 3.12. The molecule has 148 valence electrons. The van der Waals surface area contributed by atoms with Crippen LogP contribution in [-0.2, 0) is 11.3 Å². The van der Waals surface area contributed by atoms with Crippen LogP contribution in [0.1, 0.15) is 28.8 Å². The number of hydrogen-bond donors (Lipinski definition) is 1. The highest BCUT2D eigenvalue weighted by Gasteiger charge is 2.25. The minimum Gasteiger partial charge on any atom is -0.488 e. The molecule has 1 aliphatic heterocycles. The number of amides is 2. The average Bonchev–Trinajstić information content (AvgIpc) is 2.73. The Hall–Kier alpha value is -3.09. The number of ether oxygens (including phenoxy) is 2. The Labute approximate surface area is 163 Å². The van der Waals surface area contributed by atoms with Gasteiger partial charge in [-0.05, 0) is 42.7 Å². The second-order valence-corrected chi connectivity index (χ2v) is 6.62. The number of nitrogens with one attached hydrogen (secondary N) is 1. The molecule has 1 N–H and O–H groups in total. The Morgan fingerprint density at radius 1 is 1.11 bits per heavy atom. The zero-order valence-electron chi connectivity index (χ0n) is 15.7. The van der Waals surface area contributed by atoms with Crippen LogP contribution in [0.25, 0.3) is 0 Å². The lowest BCUT2D eigenvalue weighted by Gasteiger charge is -2.31. The van der Waals surface area contributed by atoms with E-state index in [1.807, 2.05) is 0 Å². The summed E-state index contributed by atoms with van der Waals surface area (Å²) in [5.74, 6) is -0.0516. The normalized spacial score (nSPS) is 14.4. The summed E-state index contributed by atoms with van der Waals surface area (Å²) in [4.78, 5) is 25.9. The summed E-state index contributed by atoms with van der Waals surface area (Å²) in [6, 6.07) is 13.0. The van der Waals surface area contributed by atoms with E-state index >= 15 is 0 Å². The quantitative estimate of drug-likeness (QED) is 0.856. The fraction of sp³-hybridized carbons (Fsp3) is 0.333. The third kappa shape index (κ3) is 5.00. The SMILES string of the molecule is COC(=O)N1CCC(NC(=O)c2ccccc2OCc2ccc(F)cc2)CC1. The van der Waals surface area contributed by atoms with Crippen LogP contribution in [0.4, 0.5) is 9.18 Å². The molecule has 0 radical (unpaired) electrons. The van der Waals surface area contributed by atoms with Gasteiger partial charge in [-0.25, -0.2) is 9.18 Å². The van der Waals surface area contributed by atoms with Crippen LogP contribution in [0.3, 0.4) is 0 Å². The molecule has 1 saturated heterocycles. The number of carbonyl (C=O) groups excluding carboxylic acids is 2. The molecule has 0 atom stereocenters. The number of piperidine rings is 1. The van der Waals surface area contributed by atoms with Crippen molar-refractivity contribution < 1.29 is 23.5 Å². The van der Waals surface area contributed by atoms with Gasteiger partial charge in [0.1, 0.15) is 18.2 Å². The molecule has 0 saturated carbocycles. The molecule has 0 aromatic heterocycles. The number of para-hydroxylation sites is 1. The van der Waals surface area contributed by atoms with E-state index in [4.69, 9.17) is 9.47 Å². The first-order chi connectivity index (χ1) is 13.6. The topological polar surface area (TPSA) is 67.9 Å². The molecule has 0 bridgehead atoms. The number of likely N-dealkylation sites (tertiary alicyclic amines) is 1. The van der Waals surface area contributed by atoms with E-state index in [0.717, 1.165) is 5.56 Å². The van der Waals surface area contributed by atoms with Crippen LogP contribution in [0.5, 0.6) is 5.75 Å². The summed E-state index contributed by atoms with van der Waals surface area (Å²) < 4.78 is 23.5. The molecule has 0 aliphatic carbocycles. The highest BCUT2D eigenvalue weighted by Crippen LogP contribution is 2.21. The fourth-order valence-electron chi connectivity index (χ4n) is 3.12. The van der Waals surface area contributed by atoms with E-state index in [-0.39, 0.29) is 30.5 Å². The van der Waals surface area contributed by atoms with Gasteiger partial charge in [-0.3, -0.25) is 4.79 Å². The maximum atomic E-state index is 13.0. The molecule has 2 aromatic carbocycles. The van der Waals surface area contributed by atoms with E-state index < -0.39 is 0 Å². The van der Waals surface area contributed by atoms with Gasteiger partial charge in [-0.1, -0.05) is 24.3 Å². The van der Waals surface area contributed by atoms with Gasteiger partial charge in [0.25, 0.3) is 5.91 Å². The van der Waals surface area contributed by atoms with E-state index in [9.17, 15) is 14.0 Å². The second-order valence-electron chi connectivity index (χ2n) is 6.62. The Balaban J connectivity index is 1.58. The summed E-state index contributed by atoms with van der Waals surface area (Å²) in [6.45, 7) is 1.32. The molecule has 2 amide bonds. The first-order valence-corrected chi connectivity index (χ1v) is 9.17. The molecular formula is C21H23FN2O4. The van der Waals surface area contributed by atoms with Gasteiger partial charge in [-0.2, -0.15) is 0 Å². The number of rotatable bonds is 5. The summed E-state index contributed by atoms with van der Waals surface area (Å²) in [5, 5.41) is 3.01. The minimum absolute atomic E-state index is 0.0152. The van der Waals surface area contributed by atoms with Crippen LogP contribution in [0, 0.1) is 5.82 Å². The van der Waals surface area contributed by atoms with Crippen molar-refractivity contribution in [1.29, 1.82) is 0 Å². The highest BCUT2D eigenvalue weighted by molar-refractivity contribution is 5.97. The first kappa shape index (κ1) is 19.7. The molecule has 3 rings (SSSR count).